The van der Waals surface area contributed by atoms with Crippen LogP contribution >= 0.6 is 0 Å². The molecule has 0 fully saturated rings. The highest BCUT2D eigenvalue weighted by Crippen LogP contribution is 2.29. The maximum absolute atomic E-state index is 12.4. The van der Waals surface area contributed by atoms with E-state index in [9.17, 15) is 27.6 Å². The van der Waals surface area contributed by atoms with Crippen molar-refractivity contribution in [2.24, 2.45) is 0 Å². The summed E-state index contributed by atoms with van der Waals surface area (Å²) in [6.45, 7) is 1.02. The first kappa shape index (κ1) is 19.9. The fourth-order valence-corrected chi connectivity index (χ4v) is 1.92. The van der Waals surface area contributed by atoms with Crippen molar-refractivity contribution in [3.05, 3.63) is 35.4 Å². The molecule has 0 aromatic heterocycles. The number of alkyl halides is 3. The van der Waals surface area contributed by atoms with Gasteiger partial charge in [-0.2, -0.15) is 13.2 Å². The third-order valence-corrected chi connectivity index (χ3v) is 3.28. The molecule has 0 saturated carbocycles. The van der Waals surface area contributed by atoms with Gasteiger partial charge in [0.2, 0.25) is 0 Å². The maximum atomic E-state index is 12.4. The van der Waals surface area contributed by atoms with Crippen molar-refractivity contribution in [3.8, 4) is 0 Å². The third-order valence-electron chi connectivity index (χ3n) is 3.28. The second-order valence-corrected chi connectivity index (χ2v) is 5.45. The Balaban J connectivity index is 2.26. The van der Waals surface area contributed by atoms with Gasteiger partial charge in [0.25, 0.3) is 0 Å². The number of ether oxygens (including phenoxy) is 1. The lowest BCUT2D eigenvalue weighted by Crippen LogP contribution is -2.14. The molecule has 0 spiro atoms. The summed E-state index contributed by atoms with van der Waals surface area (Å²) in [6.07, 6.45) is -3.27. The fraction of sp³-hybridized carbons (Fsp3) is 0.471. The van der Waals surface area contributed by atoms with Gasteiger partial charge in [0.15, 0.2) is 5.78 Å². The molecule has 0 aliphatic carbocycles. The molecule has 1 rings (SSSR count). The molecular formula is C17H19F3O4. The summed E-state index contributed by atoms with van der Waals surface area (Å²) < 4.78 is 42.0. The van der Waals surface area contributed by atoms with Crippen LogP contribution in [0.15, 0.2) is 24.3 Å². The van der Waals surface area contributed by atoms with Crippen LogP contribution < -0.4 is 0 Å². The van der Waals surface area contributed by atoms with E-state index in [1.165, 1.54) is 19.1 Å². The van der Waals surface area contributed by atoms with E-state index in [1.54, 1.807) is 0 Å². The Labute approximate surface area is 138 Å². The number of carbonyl (C=O) groups excluding carboxylic acids is 3. The summed E-state index contributed by atoms with van der Waals surface area (Å²) in [7, 11) is 0. The predicted octanol–water partition coefficient (Wildman–Crippen LogP) is 3.51. The topological polar surface area (TPSA) is 60.4 Å². The Morgan fingerprint density at radius 1 is 1.00 bits per heavy atom. The zero-order chi connectivity index (χ0) is 18.2. The number of carbonyl (C=O) groups is 3. The van der Waals surface area contributed by atoms with Gasteiger partial charge in [-0.3, -0.25) is 9.59 Å². The zero-order valence-corrected chi connectivity index (χ0v) is 13.3. The molecule has 7 heteroatoms. The van der Waals surface area contributed by atoms with Gasteiger partial charge in [0.05, 0.1) is 5.56 Å². The quantitative estimate of drug-likeness (QED) is 0.643. The van der Waals surface area contributed by atoms with E-state index in [0.29, 0.717) is 18.4 Å². The smallest absolute Gasteiger partial charge is 0.416 e. The number of rotatable bonds is 9. The van der Waals surface area contributed by atoms with E-state index in [1.807, 2.05) is 0 Å². The normalized spacial score (nSPS) is 11.2. The number of hydrogen-bond acceptors (Lipinski definition) is 4. The van der Waals surface area contributed by atoms with E-state index in [2.05, 4.69) is 0 Å². The maximum Gasteiger partial charge on any atom is 0.416 e. The molecule has 0 atom stereocenters. The lowest BCUT2D eigenvalue weighted by molar-refractivity contribution is -0.148. The van der Waals surface area contributed by atoms with Crippen molar-refractivity contribution in [2.45, 2.75) is 45.2 Å². The molecule has 132 valence electrons. The largest absolute Gasteiger partial charge is 0.458 e. The van der Waals surface area contributed by atoms with Crippen LogP contribution in [0.25, 0.3) is 0 Å². The van der Waals surface area contributed by atoms with Crippen LogP contribution in [-0.4, -0.2) is 24.1 Å². The first-order valence-electron chi connectivity index (χ1n) is 7.51. The number of hydrogen-bond donors (Lipinski definition) is 0. The predicted molar refractivity (Wildman–Crippen MR) is 80.3 cm³/mol. The van der Waals surface area contributed by atoms with Crippen LogP contribution in [0.4, 0.5) is 13.2 Å². The molecule has 0 bridgehead atoms. The SMILES string of the molecule is CC(=O)CCC(=O)COC(=O)CCCc1ccc(C(F)(F)F)cc1. The summed E-state index contributed by atoms with van der Waals surface area (Å²) in [6, 6.07) is 4.75. The average molecular weight is 344 g/mol. The van der Waals surface area contributed by atoms with Crippen LogP contribution in [0.2, 0.25) is 0 Å². The van der Waals surface area contributed by atoms with Crippen molar-refractivity contribution in [1.82, 2.24) is 0 Å². The van der Waals surface area contributed by atoms with E-state index >= 15 is 0 Å². The summed E-state index contributed by atoms with van der Waals surface area (Å²) in [4.78, 5) is 33.5. The van der Waals surface area contributed by atoms with Crippen LogP contribution in [0, 0.1) is 0 Å². The highest BCUT2D eigenvalue weighted by atomic mass is 19.4. The minimum absolute atomic E-state index is 0.0498. The highest BCUT2D eigenvalue weighted by Gasteiger charge is 2.29. The van der Waals surface area contributed by atoms with Crippen molar-refractivity contribution >= 4 is 17.5 Å². The van der Waals surface area contributed by atoms with Crippen molar-refractivity contribution in [1.29, 1.82) is 0 Å². The molecule has 0 unspecified atom stereocenters. The monoisotopic (exact) mass is 344 g/mol. The Morgan fingerprint density at radius 3 is 2.17 bits per heavy atom. The van der Waals surface area contributed by atoms with Crippen molar-refractivity contribution in [2.75, 3.05) is 6.61 Å². The molecule has 0 amide bonds. The number of benzene rings is 1. The number of aryl methyl sites for hydroxylation is 1. The summed E-state index contributed by atoms with van der Waals surface area (Å²) in [5, 5.41) is 0. The standard InChI is InChI=1S/C17H19F3O4/c1-12(21)5-10-15(22)11-24-16(23)4-2-3-13-6-8-14(9-7-13)17(18,19)20/h6-9H,2-5,10-11H2,1H3. The molecule has 0 N–H and O–H groups in total. The Hall–Kier alpha value is -2.18. The van der Waals surface area contributed by atoms with Crippen LogP contribution in [0.1, 0.15) is 43.7 Å². The molecule has 0 saturated heterocycles. The van der Waals surface area contributed by atoms with E-state index in [4.69, 9.17) is 4.74 Å². The van der Waals surface area contributed by atoms with Gasteiger partial charge >= 0.3 is 12.1 Å². The second kappa shape index (κ2) is 9.20. The van der Waals surface area contributed by atoms with Gasteiger partial charge in [-0.25, -0.2) is 0 Å². The van der Waals surface area contributed by atoms with E-state index < -0.39 is 17.7 Å². The van der Waals surface area contributed by atoms with Crippen LogP contribution in [-0.2, 0) is 31.7 Å². The molecule has 1 aromatic carbocycles. The van der Waals surface area contributed by atoms with Gasteiger partial charge in [-0.15, -0.1) is 0 Å². The molecule has 0 aliphatic rings. The first-order valence-corrected chi connectivity index (χ1v) is 7.51. The molecule has 0 aliphatic heterocycles. The van der Waals surface area contributed by atoms with Gasteiger partial charge in [-0.1, -0.05) is 12.1 Å². The van der Waals surface area contributed by atoms with Crippen molar-refractivity contribution in [3.63, 3.8) is 0 Å². The minimum atomic E-state index is -4.36. The molecule has 4 nitrogen and oxygen atoms in total. The zero-order valence-electron chi connectivity index (χ0n) is 13.3. The lowest BCUT2D eigenvalue weighted by Gasteiger charge is -2.07. The minimum Gasteiger partial charge on any atom is -0.458 e. The van der Waals surface area contributed by atoms with Gasteiger partial charge in [0.1, 0.15) is 12.4 Å². The number of esters is 1. The molecule has 1 aromatic rings. The third kappa shape index (κ3) is 7.89. The second-order valence-electron chi connectivity index (χ2n) is 5.45. The average Bonchev–Trinajstić information content (AvgIpc) is 2.50. The summed E-state index contributed by atoms with van der Waals surface area (Å²) in [5.74, 6) is -0.967. The Kier molecular flexibility index (Phi) is 7.61. The number of halogens is 3. The number of Topliss-reactive ketones (excluding diaryl/α,β-unsaturated/α-hetero) is 2. The summed E-state index contributed by atoms with van der Waals surface area (Å²) >= 11 is 0. The van der Waals surface area contributed by atoms with Crippen LogP contribution in [0.3, 0.4) is 0 Å². The highest BCUT2D eigenvalue weighted by molar-refractivity contribution is 5.86. The fourth-order valence-electron chi connectivity index (χ4n) is 1.92. The Bertz CT molecular complexity index is 576. The molecule has 0 radical (unpaired) electrons. The lowest BCUT2D eigenvalue weighted by atomic mass is 10.1. The van der Waals surface area contributed by atoms with E-state index in [-0.39, 0.29) is 37.4 Å². The molecule has 24 heavy (non-hydrogen) atoms. The molecular weight excluding hydrogens is 325 g/mol. The van der Waals surface area contributed by atoms with Crippen molar-refractivity contribution < 1.29 is 32.3 Å². The summed E-state index contributed by atoms with van der Waals surface area (Å²) in [5.41, 5.74) is -0.0249. The van der Waals surface area contributed by atoms with E-state index in [0.717, 1.165) is 12.1 Å². The Morgan fingerprint density at radius 2 is 1.62 bits per heavy atom. The van der Waals surface area contributed by atoms with Gasteiger partial charge in [0, 0.05) is 19.3 Å². The first-order chi connectivity index (χ1) is 11.2. The molecule has 0 heterocycles. The van der Waals surface area contributed by atoms with Gasteiger partial charge < -0.3 is 9.53 Å². The van der Waals surface area contributed by atoms with Crippen LogP contribution in [0.5, 0.6) is 0 Å². The number of ketones is 2. The van der Waals surface area contributed by atoms with Gasteiger partial charge in [-0.05, 0) is 37.5 Å².